The van der Waals surface area contributed by atoms with Crippen LogP contribution in [0.4, 0.5) is 11.6 Å². The summed E-state index contributed by atoms with van der Waals surface area (Å²) in [5, 5.41) is 8.13. The molecule has 2 aromatic rings. The molecule has 0 spiro atoms. The smallest absolute Gasteiger partial charge is 0.296 e. The first-order valence-electron chi connectivity index (χ1n) is 6.27. The molecular formula is C14H12BrN5. The number of nitrogens with zero attached hydrogens (tertiary/aromatic N) is 5. The molecule has 0 N–H and O–H groups in total. The third-order valence-corrected chi connectivity index (χ3v) is 3.80. The van der Waals surface area contributed by atoms with Crippen LogP contribution >= 0.6 is 15.9 Å². The molecule has 1 aliphatic rings. The van der Waals surface area contributed by atoms with Crippen molar-refractivity contribution in [2.75, 3.05) is 11.4 Å². The van der Waals surface area contributed by atoms with Crippen LogP contribution in [0.5, 0.6) is 0 Å². The lowest BCUT2D eigenvalue weighted by atomic mass is 10.1. The van der Waals surface area contributed by atoms with E-state index in [-0.39, 0.29) is 0 Å². The predicted octanol–water partition coefficient (Wildman–Crippen LogP) is 3.06. The molecule has 0 bridgehead atoms. The minimum Gasteiger partial charge on any atom is -0.359 e. The Kier molecular flexibility index (Phi) is 3.36. The van der Waals surface area contributed by atoms with Gasteiger partial charge in [0.15, 0.2) is 5.82 Å². The summed E-state index contributed by atoms with van der Waals surface area (Å²) in [5.74, 6) is 1.19. The Morgan fingerprint density at radius 2 is 2.20 bits per heavy atom. The van der Waals surface area contributed by atoms with Gasteiger partial charge in [-0.1, -0.05) is 6.57 Å². The number of pyridine rings is 1. The second-order valence-corrected chi connectivity index (χ2v) is 5.67. The minimum atomic E-state index is 0.341. The topological polar surface area (TPSA) is 46.3 Å². The van der Waals surface area contributed by atoms with E-state index in [2.05, 4.69) is 46.9 Å². The second-order valence-electron chi connectivity index (χ2n) is 4.75. The summed E-state index contributed by atoms with van der Waals surface area (Å²) in [6.07, 6.45) is 2.73. The highest BCUT2D eigenvalue weighted by Gasteiger charge is 2.21. The van der Waals surface area contributed by atoms with Crippen LogP contribution < -0.4 is 4.90 Å². The van der Waals surface area contributed by atoms with Crippen LogP contribution in [-0.2, 0) is 13.0 Å². The van der Waals surface area contributed by atoms with Gasteiger partial charge in [-0.15, -0.1) is 0 Å². The van der Waals surface area contributed by atoms with Crippen molar-refractivity contribution < 1.29 is 0 Å². The average molecular weight is 330 g/mol. The van der Waals surface area contributed by atoms with Gasteiger partial charge in [0.2, 0.25) is 0 Å². The van der Waals surface area contributed by atoms with E-state index in [0.29, 0.717) is 5.82 Å². The van der Waals surface area contributed by atoms with Gasteiger partial charge in [0.25, 0.3) is 5.82 Å². The molecule has 100 valence electrons. The number of fused-ring (bicyclic) bond motifs is 1. The van der Waals surface area contributed by atoms with Gasteiger partial charge in [-0.3, -0.25) is 4.98 Å². The largest absolute Gasteiger partial charge is 0.359 e. The van der Waals surface area contributed by atoms with Crippen LogP contribution in [0.15, 0.2) is 22.8 Å². The molecule has 5 nitrogen and oxygen atoms in total. The molecule has 20 heavy (non-hydrogen) atoms. The maximum Gasteiger partial charge on any atom is 0.296 e. The van der Waals surface area contributed by atoms with E-state index in [4.69, 9.17) is 6.57 Å². The summed E-state index contributed by atoms with van der Waals surface area (Å²) in [6.45, 7) is 10.6. The summed E-state index contributed by atoms with van der Waals surface area (Å²) >= 11 is 3.46. The summed E-state index contributed by atoms with van der Waals surface area (Å²) in [7, 11) is 0. The molecule has 6 heteroatoms. The quantitative estimate of drug-likeness (QED) is 0.754. The van der Waals surface area contributed by atoms with E-state index < -0.39 is 0 Å². The number of hydrogen-bond donors (Lipinski definition) is 0. The van der Waals surface area contributed by atoms with Gasteiger partial charge in [-0.05, 0) is 56.3 Å². The Morgan fingerprint density at radius 3 is 2.95 bits per heavy atom. The first kappa shape index (κ1) is 13.0. The first-order valence-corrected chi connectivity index (χ1v) is 7.06. The molecule has 1 aliphatic heterocycles. The SMILES string of the molecule is [C-]#[N+]c1cc(C)c(N2CCc3ncc(Br)cc3C2)nn1. The van der Waals surface area contributed by atoms with Crippen molar-refractivity contribution in [2.45, 2.75) is 19.9 Å². The van der Waals surface area contributed by atoms with Crippen LogP contribution in [0.2, 0.25) is 0 Å². The van der Waals surface area contributed by atoms with Gasteiger partial charge in [0.1, 0.15) is 0 Å². The molecule has 0 fully saturated rings. The van der Waals surface area contributed by atoms with Gasteiger partial charge in [0.05, 0.1) is 0 Å². The third-order valence-electron chi connectivity index (χ3n) is 3.37. The van der Waals surface area contributed by atoms with E-state index in [1.54, 1.807) is 6.07 Å². The van der Waals surface area contributed by atoms with Crippen molar-refractivity contribution >= 4 is 27.6 Å². The van der Waals surface area contributed by atoms with Gasteiger partial charge in [-0.2, -0.15) is 0 Å². The highest BCUT2D eigenvalue weighted by molar-refractivity contribution is 9.10. The van der Waals surface area contributed by atoms with E-state index in [1.807, 2.05) is 13.1 Å². The van der Waals surface area contributed by atoms with Gasteiger partial charge >= 0.3 is 0 Å². The maximum absolute atomic E-state index is 6.97. The van der Waals surface area contributed by atoms with E-state index in [0.717, 1.165) is 41.1 Å². The molecule has 0 saturated carbocycles. The van der Waals surface area contributed by atoms with Crippen LogP contribution in [0.3, 0.4) is 0 Å². The lowest BCUT2D eigenvalue weighted by molar-refractivity contribution is 0.693. The van der Waals surface area contributed by atoms with Gasteiger partial charge < -0.3 is 9.74 Å². The number of hydrogen-bond acceptors (Lipinski definition) is 4. The molecular weight excluding hydrogens is 318 g/mol. The van der Waals surface area contributed by atoms with Crippen LogP contribution in [0, 0.1) is 13.5 Å². The zero-order valence-corrected chi connectivity index (χ0v) is 12.6. The van der Waals surface area contributed by atoms with Crippen molar-refractivity contribution in [1.82, 2.24) is 15.2 Å². The van der Waals surface area contributed by atoms with E-state index in [9.17, 15) is 0 Å². The van der Waals surface area contributed by atoms with E-state index >= 15 is 0 Å². The second kappa shape index (κ2) is 5.17. The fourth-order valence-corrected chi connectivity index (χ4v) is 2.79. The molecule has 0 saturated heterocycles. The fraction of sp³-hybridized carbons (Fsp3) is 0.286. The number of anilines is 1. The number of rotatable bonds is 1. The fourth-order valence-electron chi connectivity index (χ4n) is 2.41. The van der Waals surface area contributed by atoms with Crippen LogP contribution in [0.25, 0.3) is 4.85 Å². The number of halogens is 1. The molecule has 0 radical (unpaired) electrons. The Balaban J connectivity index is 1.92. The highest BCUT2D eigenvalue weighted by atomic mass is 79.9. The van der Waals surface area contributed by atoms with Crippen LogP contribution in [0.1, 0.15) is 16.8 Å². The van der Waals surface area contributed by atoms with Crippen molar-refractivity contribution in [3.05, 3.63) is 51.0 Å². The Bertz CT molecular complexity index is 707. The predicted molar refractivity (Wildman–Crippen MR) is 79.7 cm³/mol. The molecule has 0 atom stereocenters. The average Bonchev–Trinajstić information content (AvgIpc) is 2.46. The normalized spacial score (nSPS) is 13.8. The molecule has 0 aromatic carbocycles. The molecule has 0 unspecified atom stereocenters. The molecule has 3 rings (SSSR count). The number of aryl methyl sites for hydroxylation is 1. The summed E-state index contributed by atoms with van der Waals surface area (Å²) < 4.78 is 0.990. The first-order chi connectivity index (χ1) is 9.67. The number of aromatic nitrogens is 3. The monoisotopic (exact) mass is 329 g/mol. The zero-order valence-electron chi connectivity index (χ0n) is 11.0. The molecule has 2 aromatic heterocycles. The zero-order chi connectivity index (χ0) is 14.1. The maximum atomic E-state index is 6.97. The Morgan fingerprint density at radius 1 is 1.35 bits per heavy atom. The van der Waals surface area contributed by atoms with Crippen molar-refractivity contribution in [1.29, 1.82) is 0 Å². The molecule has 0 aliphatic carbocycles. The van der Waals surface area contributed by atoms with Gasteiger partial charge in [-0.25, -0.2) is 0 Å². The van der Waals surface area contributed by atoms with Crippen molar-refractivity contribution in [3.63, 3.8) is 0 Å². The summed E-state index contributed by atoms with van der Waals surface area (Å²) in [6, 6.07) is 3.88. The standard InChI is InChI=1S/C14H12BrN5/c1-9-5-13(16-2)18-19-14(9)20-4-3-12-10(8-20)6-11(15)7-17-12/h5-7H,3-4,8H2,1H3. The van der Waals surface area contributed by atoms with Gasteiger partial charge in [0, 0.05) is 35.9 Å². The molecule has 0 amide bonds. The summed E-state index contributed by atoms with van der Waals surface area (Å²) in [4.78, 5) is 9.94. The molecule has 3 heterocycles. The van der Waals surface area contributed by atoms with Crippen LogP contribution in [-0.4, -0.2) is 21.7 Å². The Hall–Kier alpha value is -2.00. The lowest BCUT2D eigenvalue weighted by Crippen LogP contribution is -2.32. The summed E-state index contributed by atoms with van der Waals surface area (Å²) in [5.41, 5.74) is 3.34. The lowest BCUT2D eigenvalue weighted by Gasteiger charge is -2.29. The third kappa shape index (κ3) is 2.37. The highest BCUT2D eigenvalue weighted by Crippen LogP contribution is 2.26. The van der Waals surface area contributed by atoms with E-state index in [1.165, 1.54) is 5.56 Å². The Labute approximate surface area is 125 Å². The van der Waals surface area contributed by atoms with Crippen molar-refractivity contribution in [3.8, 4) is 0 Å². The minimum absolute atomic E-state index is 0.341. The van der Waals surface area contributed by atoms with Crippen molar-refractivity contribution in [2.24, 2.45) is 0 Å².